The lowest BCUT2D eigenvalue weighted by atomic mass is 10.3. The number of carbonyl (C=O) groups is 1. The number of aromatic nitrogens is 1. The number of nitrogens with zero attached hydrogens (tertiary/aromatic N) is 4. The fourth-order valence-corrected chi connectivity index (χ4v) is 3.72. The topological polar surface area (TPSA) is 72.9 Å². The highest BCUT2D eigenvalue weighted by Gasteiger charge is 2.25. The summed E-state index contributed by atoms with van der Waals surface area (Å²) in [6.45, 7) is 9.74. The molecule has 2 fully saturated rings. The van der Waals surface area contributed by atoms with Crippen molar-refractivity contribution in [3.63, 3.8) is 0 Å². The molecule has 2 aliphatic rings. The molecule has 3 rings (SSSR count). The van der Waals surface area contributed by atoms with E-state index in [2.05, 4.69) is 44.6 Å². The molecule has 0 atom stereocenters. The van der Waals surface area contributed by atoms with Crippen molar-refractivity contribution in [2.45, 2.75) is 45.7 Å². The van der Waals surface area contributed by atoms with Gasteiger partial charge in [-0.3, -0.25) is 9.69 Å². The molecule has 1 aliphatic carbocycles. The Morgan fingerprint density at radius 1 is 1.30 bits per heavy atom. The number of rotatable bonds is 7. The normalized spacial score (nSPS) is 18.1. The summed E-state index contributed by atoms with van der Waals surface area (Å²) in [6, 6.07) is 0.440. The summed E-state index contributed by atoms with van der Waals surface area (Å²) in [7, 11) is 0. The highest BCUT2D eigenvalue weighted by atomic mass is 127. The van der Waals surface area contributed by atoms with Crippen molar-refractivity contribution in [3.8, 4) is 0 Å². The van der Waals surface area contributed by atoms with Gasteiger partial charge in [-0.1, -0.05) is 6.92 Å². The molecule has 9 heteroatoms. The summed E-state index contributed by atoms with van der Waals surface area (Å²) in [5, 5.41) is 9.72. The predicted molar refractivity (Wildman–Crippen MR) is 121 cm³/mol. The van der Waals surface area contributed by atoms with E-state index in [-0.39, 0.29) is 29.9 Å². The van der Waals surface area contributed by atoms with E-state index in [1.54, 1.807) is 11.3 Å². The van der Waals surface area contributed by atoms with Gasteiger partial charge in [0.05, 0.1) is 23.8 Å². The van der Waals surface area contributed by atoms with E-state index in [4.69, 9.17) is 4.99 Å². The molecule has 1 saturated carbocycles. The fourth-order valence-electron chi connectivity index (χ4n) is 2.99. The van der Waals surface area contributed by atoms with Crippen LogP contribution in [-0.4, -0.2) is 72.0 Å². The smallest absolute Gasteiger partial charge is 0.234 e. The molecule has 1 aromatic heterocycles. The molecule has 0 spiro atoms. The quantitative estimate of drug-likeness (QED) is 0.335. The SMILES string of the molecule is CCNC(=NCc1csc(CC)n1)N1CCN(CC(=O)NC2CC2)CC1.I. The van der Waals surface area contributed by atoms with Gasteiger partial charge in [-0.15, -0.1) is 35.3 Å². The van der Waals surface area contributed by atoms with Crippen LogP contribution in [0.5, 0.6) is 0 Å². The summed E-state index contributed by atoms with van der Waals surface area (Å²) >= 11 is 1.71. The molecular weight excluding hydrogens is 475 g/mol. The van der Waals surface area contributed by atoms with Crippen molar-refractivity contribution >= 4 is 47.2 Å². The number of amides is 1. The van der Waals surface area contributed by atoms with Crippen LogP contribution in [0.15, 0.2) is 10.4 Å². The minimum absolute atomic E-state index is 0. The van der Waals surface area contributed by atoms with E-state index in [0.29, 0.717) is 19.1 Å². The standard InChI is InChI=1S/C18H30N6OS.HI/c1-3-17-22-15(13-26-17)11-20-18(19-4-2)24-9-7-23(8-10-24)12-16(25)21-14-5-6-14;/h13-14H,3-12H2,1-2H3,(H,19,20)(H,21,25);1H. The highest BCUT2D eigenvalue weighted by molar-refractivity contribution is 14.0. The second-order valence-corrected chi connectivity index (χ2v) is 7.80. The Hall–Kier alpha value is -0.940. The van der Waals surface area contributed by atoms with E-state index < -0.39 is 0 Å². The summed E-state index contributed by atoms with van der Waals surface area (Å²) in [5.41, 5.74) is 1.04. The van der Waals surface area contributed by atoms with Crippen molar-refractivity contribution in [2.24, 2.45) is 4.99 Å². The Morgan fingerprint density at radius 2 is 2.04 bits per heavy atom. The van der Waals surface area contributed by atoms with Crippen LogP contribution in [0.2, 0.25) is 0 Å². The Labute approximate surface area is 183 Å². The van der Waals surface area contributed by atoms with Gasteiger partial charge in [0.25, 0.3) is 0 Å². The third-order valence-corrected chi connectivity index (χ3v) is 5.65. The monoisotopic (exact) mass is 506 g/mol. The van der Waals surface area contributed by atoms with Gasteiger partial charge in [0.1, 0.15) is 0 Å². The molecule has 0 bridgehead atoms. The predicted octanol–water partition coefficient (Wildman–Crippen LogP) is 1.69. The molecule has 0 unspecified atom stereocenters. The van der Waals surface area contributed by atoms with Gasteiger partial charge in [-0.2, -0.15) is 0 Å². The molecular formula is C18H31IN6OS. The number of thiazole rings is 1. The number of aliphatic imine (C=N–C) groups is 1. The number of halogens is 1. The van der Waals surface area contributed by atoms with E-state index in [1.165, 1.54) is 5.01 Å². The van der Waals surface area contributed by atoms with E-state index >= 15 is 0 Å². The van der Waals surface area contributed by atoms with E-state index in [0.717, 1.165) is 63.6 Å². The van der Waals surface area contributed by atoms with Crippen molar-refractivity contribution in [1.82, 2.24) is 25.4 Å². The van der Waals surface area contributed by atoms with Crippen LogP contribution >= 0.6 is 35.3 Å². The zero-order chi connectivity index (χ0) is 18.4. The van der Waals surface area contributed by atoms with Crippen molar-refractivity contribution < 1.29 is 4.79 Å². The zero-order valence-corrected chi connectivity index (χ0v) is 19.4. The third kappa shape index (κ3) is 7.19. The summed E-state index contributed by atoms with van der Waals surface area (Å²) in [6.07, 6.45) is 3.26. The highest BCUT2D eigenvalue weighted by Crippen LogP contribution is 2.18. The maximum Gasteiger partial charge on any atom is 0.234 e. The largest absolute Gasteiger partial charge is 0.357 e. The number of guanidine groups is 1. The second-order valence-electron chi connectivity index (χ2n) is 6.86. The molecule has 1 aromatic rings. The van der Waals surface area contributed by atoms with Crippen LogP contribution in [0.4, 0.5) is 0 Å². The molecule has 1 saturated heterocycles. The molecule has 1 amide bonds. The van der Waals surface area contributed by atoms with Gasteiger partial charge in [0.15, 0.2) is 5.96 Å². The van der Waals surface area contributed by atoms with E-state index in [1.807, 2.05) is 0 Å². The first-order valence-corrected chi connectivity index (χ1v) is 10.5. The molecule has 7 nitrogen and oxygen atoms in total. The maximum absolute atomic E-state index is 12.0. The molecule has 0 aromatic carbocycles. The first-order valence-electron chi connectivity index (χ1n) is 9.66. The minimum atomic E-state index is 0. The molecule has 2 N–H and O–H groups in total. The lowest BCUT2D eigenvalue weighted by Gasteiger charge is -2.36. The van der Waals surface area contributed by atoms with Gasteiger partial charge in [-0.05, 0) is 26.2 Å². The molecule has 0 radical (unpaired) electrons. The lowest BCUT2D eigenvalue weighted by molar-refractivity contribution is -0.122. The Morgan fingerprint density at radius 3 is 2.63 bits per heavy atom. The van der Waals surface area contributed by atoms with Crippen LogP contribution in [0.1, 0.15) is 37.4 Å². The van der Waals surface area contributed by atoms with Gasteiger partial charge in [0, 0.05) is 44.1 Å². The van der Waals surface area contributed by atoms with Crippen LogP contribution in [-0.2, 0) is 17.8 Å². The number of aryl methyl sites for hydroxylation is 1. The molecule has 1 aliphatic heterocycles. The Kier molecular flexibility index (Phi) is 9.24. The minimum Gasteiger partial charge on any atom is -0.357 e. The number of carbonyl (C=O) groups excluding carboxylic acids is 1. The van der Waals surface area contributed by atoms with Crippen LogP contribution in [0.25, 0.3) is 0 Å². The Bertz CT molecular complexity index is 625. The van der Waals surface area contributed by atoms with Gasteiger partial charge >= 0.3 is 0 Å². The van der Waals surface area contributed by atoms with Gasteiger partial charge in [0.2, 0.25) is 5.91 Å². The van der Waals surface area contributed by atoms with Crippen molar-refractivity contribution in [1.29, 1.82) is 0 Å². The number of piperazine rings is 1. The average molecular weight is 506 g/mol. The maximum atomic E-state index is 12.0. The van der Waals surface area contributed by atoms with Crippen LogP contribution in [0, 0.1) is 0 Å². The third-order valence-electron chi connectivity index (χ3n) is 4.61. The van der Waals surface area contributed by atoms with Crippen molar-refractivity contribution in [2.75, 3.05) is 39.3 Å². The first kappa shape index (κ1) is 22.4. The molecule has 152 valence electrons. The number of hydrogen-bond donors (Lipinski definition) is 2. The number of nitrogens with one attached hydrogen (secondary N) is 2. The van der Waals surface area contributed by atoms with Crippen molar-refractivity contribution in [3.05, 3.63) is 16.1 Å². The Balaban J connectivity index is 0.00000261. The zero-order valence-electron chi connectivity index (χ0n) is 16.2. The van der Waals surface area contributed by atoms with E-state index in [9.17, 15) is 4.79 Å². The fraction of sp³-hybridized carbons (Fsp3) is 0.722. The summed E-state index contributed by atoms with van der Waals surface area (Å²) in [5.74, 6) is 1.11. The lowest BCUT2D eigenvalue weighted by Crippen LogP contribution is -2.54. The van der Waals surface area contributed by atoms with Gasteiger partial charge < -0.3 is 15.5 Å². The summed E-state index contributed by atoms with van der Waals surface area (Å²) < 4.78 is 0. The van der Waals surface area contributed by atoms with Crippen LogP contribution < -0.4 is 10.6 Å². The molecule has 27 heavy (non-hydrogen) atoms. The van der Waals surface area contributed by atoms with Crippen LogP contribution in [0.3, 0.4) is 0 Å². The summed E-state index contributed by atoms with van der Waals surface area (Å²) in [4.78, 5) is 25.8. The molecule has 2 heterocycles. The van der Waals surface area contributed by atoms with Gasteiger partial charge in [-0.25, -0.2) is 9.98 Å². The second kappa shape index (κ2) is 11.2. The first-order chi connectivity index (χ1) is 12.7. The number of hydrogen-bond acceptors (Lipinski definition) is 5. The average Bonchev–Trinajstić information content (AvgIpc) is 3.33.